The number of aliphatic carboxylic acids is 1. The number of azide groups is 2. The van der Waals surface area contributed by atoms with E-state index in [-0.39, 0.29) is 30.5 Å². The maximum atomic E-state index is 12.6. The predicted molar refractivity (Wildman–Crippen MR) is 84.4 cm³/mol. The van der Waals surface area contributed by atoms with E-state index in [9.17, 15) is 9.59 Å². The Morgan fingerprint density at radius 3 is 2.75 bits per heavy atom. The first kappa shape index (κ1) is 17.1. The van der Waals surface area contributed by atoms with E-state index in [1.807, 2.05) is 0 Å². The van der Waals surface area contributed by atoms with E-state index in [0.29, 0.717) is 30.6 Å². The Morgan fingerprint density at radius 1 is 1.29 bits per heavy atom. The summed E-state index contributed by atoms with van der Waals surface area (Å²) in [5, 5.41) is 15.8. The highest BCUT2D eigenvalue weighted by atomic mass is 16.4. The van der Waals surface area contributed by atoms with Gasteiger partial charge in [0.1, 0.15) is 0 Å². The Balaban J connectivity index is 2.21. The lowest BCUT2D eigenvalue weighted by molar-refractivity contribution is -0.138. The fourth-order valence-corrected chi connectivity index (χ4v) is 2.72. The van der Waals surface area contributed by atoms with Crippen LogP contribution in [0.4, 0.5) is 5.69 Å². The maximum Gasteiger partial charge on any atom is 0.303 e. The van der Waals surface area contributed by atoms with Crippen LogP contribution in [0.25, 0.3) is 20.9 Å². The van der Waals surface area contributed by atoms with Crippen molar-refractivity contribution in [3.8, 4) is 0 Å². The van der Waals surface area contributed by atoms with Gasteiger partial charge in [-0.25, -0.2) is 0 Å². The second kappa shape index (κ2) is 7.87. The summed E-state index contributed by atoms with van der Waals surface area (Å²) in [6, 6.07) is 4.59. The molecule has 24 heavy (non-hydrogen) atoms. The van der Waals surface area contributed by atoms with Crippen LogP contribution >= 0.6 is 0 Å². The second-order valence-electron chi connectivity index (χ2n) is 5.47. The quantitative estimate of drug-likeness (QED) is 0.483. The summed E-state index contributed by atoms with van der Waals surface area (Å²) in [6.07, 6.45) is 0.671. The number of carbonyl (C=O) groups is 2. The summed E-state index contributed by atoms with van der Waals surface area (Å²) in [6.45, 7) is 0.893. The van der Waals surface area contributed by atoms with Gasteiger partial charge in [-0.2, -0.15) is 0 Å². The van der Waals surface area contributed by atoms with Crippen molar-refractivity contribution in [3.05, 3.63) is 50.2 Å². The minimum atomic E-state index is -0.878. The number of carboxylic acid groups (broad SMARTS) is 1. The Kier molecular flexibility index (Phi) is 5.62. The fourth-order valence-electron chi connectivity index (χ4n) is 2.72. The van der Waals surface area contributed by atoms with Gasteiger partial charge in [-0.05, 0) is 47.2 Å². The molecule has 1 unspecified atom stereocenters. The Bertz CT molecular complexity index is 751. The van der Waals surface area contributed by atoms with Gasteiger partial charge in [0.15, 0.2) is 0 Å². The molecule has 1 N–H and O–H groups in total. The van der Waals surface area contributed by atoms with Crippen LogP contribution in [0.1, 0.15) is 28.8 Å². The van der Waals surface area contributed by atoms with Crippen molar-refractivity contribution in [2.45, 2.75) is 19.4 Å². The zero-order valence-corrected chi connectivity index (χ0v) is 12.7. The zero-order valence-electron chi connectivity index (χ0n) is 12.7. The molecule has 1 atom stereocenters. The molecule has 1 saturated heterocycles. The number of hydrogen-bond donors (Lipinski definition) is 1. The third kappa shape index (κ3) is 4.39. The molecule has 0 aromatic heterocycles. The molecule has 1 amide bonds. The molecule has 1 aliphatic rings. The number of amides is 1. The Labute approximate surface area is 136 Å². The maximum absolute atomic E-state index is 12.6. The van der Waals surface area contributed by atoms with Gasteiger partial charge >= 0.3 is 5.97 Å². The number of carboxylic acids is 1. The predicted octanol–water partition coefficient (Wildman–Crippen LogP) is 3.38. The van der Waals surface area contributed by atoms with Crippen LogP contribution < -0.4 is 0 Å². The standard InChI is InChI=1S/C14H15N7O3/c15-19-17-7-10-3-11(6-12(4-10)18-20-16)14(24)21-2-1-9(8-21)5-13(22)23/h3-4,6,9H,1-2,5,7-8H2,(H,22,23). The fraction of sp³-hybridized carbons (Fsp3) is 0.429. The van der Waals surface area contributed by atoms with Crippen LogP contribution in [0.3, 0.4) is 0 Å². The van der Waals surface area contributed by atoms with E-state index in [1.54, 1.807) is 17.0 Å². The van der Waals surface area contributed by atoms with E-state index in [1.165, 1.54) is 6.07 Å². The van der Waals surface area contributed by atoms with Crippen molar-refractivity contribution in [1.29, 1.82) is 0 Å². The zero-order chi connectivity index (χ0) is 17.5. The molecular weight excluding hydrogens is 314 g/mol. The molecule has 1 fully saturated rings. The minimum absolute atomic E-state index is 0.0324. The number of nitrogens with zero attached hydrogens (tertiary/aromatic N) is 7. The monoisotopic (exact) mass is 329 g/mol. The van der Waals surface area contributed by atoms with Crippen LogP contribution in [0.2, 0.25) is 0 Å². The molecule has 0 spiro atoms. The number of likely N-dealkylation sites (tertiary alicyclic amines) is 1. The van der Waals surface area contributed by atoms with Gasteiger partial charge in [0, 0.05) is 40.6 Å². The minimum Gasteiger partial charge on any atom is -0.481 e. The van der Waals surface area contributed by atoms with Crippen LogP contribution in [-0.4, -0.2) is 35.0 Å². The van der Waals surface area contributed by atoms with Crippen LogP contribution in [0, 0.1) is 5.92 Å². The van der Waals surface area contributed by atoms with Crippen molar-refractivity contribution in [3.63, 3.8) is 0 Å². The van der Waals surface area contributed by atoms with Gasteiger partial charge in [-0.15, -0.1) is 0 Å². The van der Waals surface area contributed by atoms with Gasteiger partial charge in [0.25, 0.3) is 5.91 Å². The van der Waals surface area contributed by atoms with Crippen molar-refractivity contribution in [1.82, 2.24) is 4.90 Å². The lowest BCUT2D eigenvalue weighted by Gasteiger charge is -2.17. The third-order valence-electron chi connectivity index (χ3n) is 3.74. The van der Waals surface area contributed by atoms with Crippen molar-refractivity contribution >= 4 is 17.6 Å². The molecule has 1 aromatic carbocycles. The summed E-state index contributed by atoms with van der Waals surface area (Å²) in [5.41, 5.74) is 18.1. The number of hydrogen-bond acceptors (Lipinski definition) is 4. The molecule has 10 nitrogen and oxygen atoms in total. The number of carbonyl (C=O) groups excluding carboxylic acids is 1. The van der Waals surface area contributed by atoms with Gasteiger partial charge in [-0.3, -0.25) is 9.59 Å². The Hall–Kier alpha value is -3.22. The lowest BCUT2D eigenvalue weighted by Crippen LogP contribution is -2.29. The average molecular weight is 329 g/mol. The van der Waals surface area contributed by atoms with Crippen LogP contribution in [0.5, 0.6) is 0 Å². The highest BCUT2D eigenvalue weighted by Crippen LogP contribution is 2.24. The van der Waals surface area contributed by atoms with Crippen molar-refractivity contribution in [2.75, 3.05) is 13.1 Å². The van der Waals surface area contributed by atoms with E-state index in [2.05, 4.69) is 20.1 Å². The van der Waals surface area contributed by atoms with E-state index in [4.69, 9.17) is 16.2 Å². The Morgan fingerprint density at radius 2 is 2.08 bits per heavy atom. The number of benzene rings is 1. The molecule has 124 valence electrons. The normalized spacial score (nSPS) is 16.2. The molecule has 1 aliphatic heterocycles. The topological polar surface area (TPSA) is 155 Å². The summed E-state index contributed by atoms with van der Waals surface area (Å²) < 4.78 is 0. The summed E-state index contributed by atoms with van der Waals surface area (Å²) in [7, 11) is 0. The van der Waals surface area contributed by atoms with E-state index in [0.717, 1.165) is 0 Å². The molecule has 0 saturated carbocycles. The molecule has 0 bridgehead atoms. The molecule has 10 heteroatoms. The molecule has 2 rings (SSSR count). The first-order chi connectivity index (χ1) is 11.5. The van der Waals surface area contributed by atoms with Gasteiger partial charge in [0.2, 0.25) is 0 Å². The number of rotatable bonds is 6. The molecule has 1 aromatic rings. The largest absolute Gasteiger partial charge is 0.481 e. The van der Waals surface area contributed by atoms with E-state index >= 15 is 0 Å². The SMILES string of the molecule is [N-]=[N+]=NCc1cc(N=[N+]=[N-])cc(C(=O)N2CCC(CC(=O)O)C2)c1. The van der Waals surface area contributed by atoms with E-state index < -0.39 is 5.97 Å². The first-order valence-corrected chi connectivity index (χ1v) is 7.24. The summed E-state index contributed by atoms with van der Waals surface area (Å²) in [5.74, 6) is -1.20. The molecular formula is C14H15N7O3. The van der Waals surface area contributed by atoms with Gasteiger partial charge in [-0.1, -0.05) is 10.2 Å². The van der Waals surface area contributed by atoms with Crippen molar-refractivity contribution in [2.24, 2.45) is 16.1 Å². The van der Waals surface area contributed by atoms with Gasteiger partial charge in [0.05, 0.1) is 6.54 Å². The lowest BCUT2D eigenvalue weighted by atomic mass is 10.1. The second-order valence-corrected chi connectivity index (χ2v) is 5.47. The van der Waals surface area contributed by atoms with Gasteiger partial charge < -0.3 is 10.0 Å². The van der Waals surface area contributed by atoms with Crippen LogP contribution in [0.15, 0.2) is 28.4 Å². The van der Waals surface area contributed by atoms with Crippen LogP contribution in [-0.2, 0) is 11.3 Å². The molecule has 1 heterocycles. The highest BCUT2D eigenvalue weighted by molar-refractivity contribution is 5.95. The third-order valence-corrected chi connectivity index (χ3v) is 3.74. The molecule has 0 radical (unpaired) electrons. The van der Waals surface area contributed by atoms with Crippen molar-refractivity contribution < 1.29 is 14.7 Å². The smallest absolute Gasteiger partial charge is 0.303 e. The average Bonchev–Trinajstić information content (AvgIpc) is 3.00. The summed E-state index contributed by atoms with van der Waals surface area (Å²) in [4.78, 5) is 30.3. The first-order valence-electron chi connectivity index (χ1n) is 7.24. The molecule has 0 aliphatic carbocycles. The highest BCUT2D eigenvalue weighted by Gasteiger charge is 2.28. The summed E-state index contributed by atoms with van der Waals surface area (Å²) >= 11 is 0.